The highest BCUT2D eigenvalue weighted by Crippen LogP contribution is 2.32. The Morgan fingerprint density at radius 1 is 1.14 bits per heavy atom. The van der Waals surface area contributed by atoms with Crippen molar-refractivity contribution in [3.8, 4) is 5.75 Å². The fraction of sp³-hybridized carbons (Fsp3) is 0.294. The minimum Gasteiger partial charge on any atom is -0.508 e. The van der Waals surface area contributed by atoms with Gasteiger partial charge in [0.1, 0.15) is 11.9 Å². The molecule has 1 saturated heterocycles. The number of phenols is 1. The first kappa shape index (κ1) is 14.4. The number of hydrogen-bond acceptors (Lipinski definition) is 3. The first-order chi connectivity index (χ1) is 10.1. The number of phenolic OH excluding ortho intramolecular Hbond substituents is 1. The molecule has 4 heteroatoms. The van der Waals surface area contributed by atoms with E-state index in [0.29, 0.717) is 24.5 Å². The highest BCUT2D eigenvalue weighted by Gasteiger charge is 2.28. The van der Waals surface area contributed by atoms with E-state index in [-0.39, 0.29) is 11.9 Å². The van der Waals surface area contributed by atoms with Crippen LogP contribution in [0, 0.1) is 0 Å². The lowest BCUT2D eigenvalue weighted by molar-refractivity contribution is 0.0417. The molecule has 2 aromatic rings. The van der Waals surface area contributed by atoms with Gasteiger partial charge in [-0.25, -0.2) is 0 Å². The van der Waals surface area contributed by atoms with Crippen molar-refractivity contribution in [3.05, 3.63) is 64.2 Å². The van der Waals surface area contributed by atoms with Crippen molar-refractivity contribution >= 4 is 11.6 Å². The number of benzene rings is 2. The molecule has 3 rings (SSSR count). The van der Waals surface area contributed by atoms with Crippen LogP contribution in [0.5, 0.6) is 5.75 Å². The van der Waals surface area contributed by atoms with E-state index in [0.717, 1.165) is 16.7 Å². The van der Waals surface area contributed by atoms with Crippen molar-refractivity contribution in [2.45, 2.75) is 25.0 Å². The lowest BCUT2D eigenvalue weighted by Crippen LogP contribution is -2.12. The summed E-state index contributed by atoms with van der Waals surface area (Å²) in [6, 6.07) is 12.8. The van der Waals surface area contributed by atoms with Gasteiger partial charge in [-0.2, -0.15) is 0 Å². The van der Waals surface area contributed by atoms with Crippen LogP contribution in [0.15, 0.2) is 42.5 Å². The maximum absolute atomic E-state index is 9.94. The van der Waals surface area contributed by atoms with Gasteiger partial charge in [-0.15, -0.1) is 0 Å². The second-order valence-electron chi connectivity index (χ2n) is 5.34. The van der Waals surface area contributed by atoms with Crippen LogP contribution < -0.4 is 0 Å². The number of ether oxygens (including phenoxy) is 1. The van der Waals surface area contributed by atoms with E-state index >= 15 is 0 Å². The fourth-order valence-corrected chi connectivity index (χ4v) is 2.82. The lowest BCUT2D eigenvalue weighted by atomic mass is 9.98. The predicted octanol–water partition coefficient (Wildman–Crippen LogP) is 3.46. The maximum atomic E-state index is 9.94. The second kappa shape index (κ2) is 6.06. The SMILES string of the molecule is Oc1ccc(Cc2cc(C3OCCC3O)ccc2Cl)cc1. The minimum atomic E-state index is -0.451. The van der Waals surface area contributed by atoms with E-state index in [9.17, 15) is 10.2 Å². The van der Waals surface area contributed by atoms with Crippen molar-refractivity contribution < 1.29 is 14.9 Å². The van der Waals surface area contributed by atoms with E-state index in [4.69, 9.17) is 16.3 Å². The monoisotopic (exact) mass is 304 g/mol. The molecule has 21 heavy (non-hydrogen) atoms. The van der Waals surface area contributed by atoms with Gasteiger partial charge in [-0.1, -0.05) is 35.9 Å². The Morgan fingerprint density at radius 2 is 1.90 bits per heavy atom. The quantitative estimate of drug-likeness (QED) is 0.913. The summed E-state index contributed by atoms with van der Waals surface area (Å²) in [5.41, 5.74) is 3.01. The summed E-state index contributed by atoms with van der Waals surface area (Å²) in [6.07, 6.45) is 0.629. The average molecular weight is 305 g/mol. The van der Waals surface area contributed by atoms with Crippen molar-refractivity contribution in [3.63, 3.8) is 0 Å². The third-order valence-corrected chi connectivity index (χ3v) is 4.16. The van der Waals surface area contributed by atoms with Gasteiger partial charge < -0.3 is 14.9 Å². The Bertz CT molecular complexity index is 624. The molecule has 1 fully saturated rings. The molecule has 1 heterocycles. The smallest absolute Gasteiger partial charge is 0.115 e. The van der Waals surface area contributed by atoms with E-state index in [1.54, 1.807) is 12.1 Å². The van der Waals surface area contributed by atoms with Crippen molar-refractivity contribution in [2.24, 2.45) is 0 Å². The van der Waals surface area contributed by atoms with Crippen LogP contribution in [0.4, 0.5) is 0 Å². The molecule has 0 amide bonds. The van der Waals surface area contributed by atoms with Crippen LogP contribution in [0.2, 0.25) is 5.02 Å². The van der Waals surface area contributed by atoms with Crippen LogP contribution in [-0.2, 0) is 11.2 Å². The van der Waals surface area contributed by atoms with Crippen LogP contribution in [0.1, 0.15) is 29.2 Å². The summed E-state index contributed by atoms with van der Waals surface area (Å²) in [4.78, 5) is 0. The second-order valence-corrected chi connectivity index (χ2v) is 5.75. The molecule has 0 radical (unpaired) electrons. The van der Waals surface area contributed by atoms with Crippen molar-refractivity contribution in [1.29, 1.82) is 0 Å². The minimum absolute atomic E-state index is 0.251. The first-order valence-corrected chi connectivity index (χ1v) is 7.37. The number of hydrogen-bond donors (Lipinski definition) is 2. The third-order valence-electron chi connectivity index (χ3n) is 3.79. The molecule has 1 aliphatic heterocycles. The molecule has 110 valence electrons. The van der Waals surface area contributed by atoms with Crippen LogP contribution in [-0.4, -0.2) is 22.9 Å². The van der Waals surface area contributed by atoms with Crippen LogP contribution in [0.25, 0.3) is 0 Å². The normalized spacial score (nSPS) is 21.6. The zero-order valence-electron chi connectivity index (χ0n) is 11.5. The summed E-state index contributed by atoms with van der Waals surface area (Å²) < 4.78 is 5.59. The van der Waals surface area contributed by atoms with E-state index in [1.165, 1.54) is 0 Å². The zero-order valence-corrected chi connectivity index (χ0v) is 12.3. The number of halogens is 1. The molecule has 2 aromatic carbocycles. The predicted molar refractivity (Wildman–Crippen MR) is 81.7 cm³/mol. The molecule has 0 bridgehead atoms. The van der Waals surface area contributed by atoms with E-state index in [2.05, 4.69) is 0 Å². The Balaban J connectivity index is 1.85. The van der Waals surface area contributed by atoms with Gasteiger partial charge in [0.15, 0.2) is 0 Å². The van der Waals surface area contributed by atoms with Gasteiger partial charge in [0, 0.05) is 5.02 Å². The van der Waals surface area contributed by atoms with Gasteiger partial charge >= 0.3 is 0 Å². The molecule has 1 aliphatic rings. The third kappa shape index (κ3) is 3.21. The van der Waals surface area contributed by atoms with Gasteiger partial charge in [-0.05, 0) is 47.7 Å². The van der Waals surface area contributed by atoms with Crippen molar-refractivity contribution in [1.82, 2.24) is 0 Å². The molecule has 0 spiro atoms. The lowest BCUT2D eigenvalue weighted by Gasteiger charge is -2.16. The number of aliphatic hydroxyl groups is 1. The molecule has 0 aliphatic carbocycles. The van der Waals surface area contributed by atoms with Gasteiger partial charge in [-0.3, -0.25) is 0 Å². The van der Waals surface area contributed by atoms with Crippen molar-refractivity contribution in [2.75, 3.05) is 6.61 Å². The topological polar surface area (TPSA) is 49.7 Å². The summed E-state index contributed by atoms with van der Waals surface area (Å²) >= 11 is 6.27. The molecule has 0 saturated carbocycles. The molecule has 2 N–H and O–H groups in total. The Morgan fingerprint density at radius 3 is 2.57 bits per heavy atom. The zero-order chi connectivity index (χ0) is 14.8. The first-order valence-electron chi connectivity index (χ1n) is 6.99. The number of aliphatic hydroxyl groups excluding tert-OH is 1. The molecular formula is C17H17ClO3. The highest BCUT2D eigenvalue weighted by molar-refractivity contribution is 6.31. The van der Waals surface area contributed by atoms with Gasteiger partial charge in [0.05, 0.1) is 12.7 Å². The molecule has 2 atom stereocenters. The summed E-state index contributed by atoms with van der Waals surface area (Å²) in [7, 11) is 0. The van der Waals surface area contributed by atoms with E-state index < -0.39 is 6.10 Å². The van der Waals surface area contributed by atoms with Crippen LogP contribution >= 0.6 is 11.6 Å². The molecule has 0 aromatic heterocycles. The molecular weight excluding hydrogens is 288 g/mol. The summed E-state index contributed by atoms with van der Waals surface area (Å²) in [6.45, 7) is 0.585. The Kier molecular flexibility index (Phi) is 4.15. The van der Waals surface area contributed by atoms with Gasteiger partial charge in [0.2, 0.25) is 0 Å². The largest absolute Gasteiger partial charge is 0.508 e. The Hall–Kier alpha value is -1.55. The summed E-state index contributed by atoms with van der Waals surface area (Å²) in [5.74, 6) is 0.251. The highest BCUT2D eigenvalue weighted by atomic mass is 35.5. The maximum Gasteiger partial charge on any atom is 0.115 e. The van der Waals surface area contributed by atoms with Crippen LogP contribution in [0.3, 0.4) is 0 Å². The average Bonchev–Trinajstić information content (AvgIpc) is 2.90. The fourth-order valence-electron chi connectivity index (χ4n) is 2.64. The molecule has 2 unspecified atom stereocenters. The summed E-state index contributed by atoms with van der Waals surface area (Å²) in [5, 5.41) is 20.0. The standard InChI is InChI=1S/C17H17ClO3/c18-15-6-3-12(17-16(20)7-8-21-17)10-13(15)9-11-1-4-14(19)5-2-11/h1-6,10,16-17,19-20H,7-9H2. The van der Waals surface area contributed by atoms with E-state index in [1.807, 2.05) is 30.3 Å². The number of aromatic hydroxyl groups is 1. The number of rotatable bonds is 3. The van der Waals surface area contributed by atoms with Gasteiger partial charge in [0.25, 0.3) is 0 Å². The molecule has 3 nitrogen and oxygen atoms in total. The Labute approximate surface area is 128 Å².